The number of rotatable bonds is 5. The van der Waals surface area contributed by atoms with Crippen LogP contribution < -0.4 is 10.2 Å². The number of fused-ring (bicyclic) bond motifs is 1. The zero-order valence-corrected chi connectivity index (χ0v) is 15.7. The van der Waals surface area contributed by atoms with Crippen LogP contribution in [0, 0.1) is 5.92 Å². The third-order valence-corrected chi connectivity index (χ3v) is 5.46. The van der Waals surface area contributed by atoms with Crippen LogP contribution in [0.15, 0.2) is 30.5 Å². The zero-order chi connectivity index (χ0) is 19.6. The van der Waals surface area contributed by atoms with E-state index in [0.29, 0.717) is 24.7 Å². The summed E-state index contributed by atoms with van der Waals surface area (Å²) < 4.78 is 45.5. The fourth-order valence-corrected chi connectivity index (χ4v) is 3.88. The first kappa shape index (κ1) is 19.3. The van der Waals surface area contributed by atoms with Crippen LogP contribution in [0.4, 0.5) is 18.9 Å². The molecule has 1 N–H and O–H groups in total. The highest BCUT2D eigenvalue weighted by atomic mass is 19.4. The highest BCUT2D eigenvalue weighted by Crippen LogP contribution is 2.30. The highest BCUT2D eigenvalue weighted by Gasteiger charge is 2.35. The van der Waals surface area contributed by atoms with Crippen molar-refractivity contribution in [2.45, 2.75) is 32.1 Å². The van der Waals surface area contributed by atoms with E-state index in [1.807, 2.05) is 0 Å². The summed E-state index contributed by atoms with van der Waals surface area (Å²) in [6.07, 6.45) is -1.77. The van der Waals surface area contributed by atoms with E-state index in [1.165, 1.54) is 11.3 Å². The van der Waals surface area contributed by atoms with Crippen molar-refractivity contribution in [3.05, 3.63) is 47.5 Å². The number of aromatic nitrogens is 2. The van der Waals surface area contributed by atoms with Gasteiger partial charge in [-0.1, -0.05) is 12.1 Å². The van der Waals surface area contributed by atoms with Crippen molar-refractivity contribution in [2.75, 3.05) is 37.7 Å². The smallest absolute Gasteiger partial charge is 0.378 e. The number of benzene rings is 1. The van der Waals surface area contributed by atoms with E-state index in [4.69, 9.17) is 4.74 Å². The minimum atomic E-state index is -4.37. The van der Waals surface area contributed by atoms with Crippen LogP contribution in [0.5, 0.6) is 0 Å². The number of aryl methyl sites for hydroxylation is 1. The lowest BCUT2D eigenvalue weighted by Crippen LogP contribution is -2.36. The number of nitrogens with one attached hydrogen (secondary N) is 1. The molecule has 0 bridgehead atoms. The first-order chi connectivity index (χ1) is 13.5. The van der Waals surface area contributed by atoms with Gasteiger partial charge in [0.2, 0.25) is 0 Å². The third-order valence-electron chi connectivity index (χ3n) is 5.46. The summed E-state index contributed by atoms with van der Waals surface area (Å²) >= 11 is 0. The molecular weight excluding hydrogens is 369 g/mol. The van der Waals surface area contributed by atoms with Gasteiger partial charge in [-0.15, -0.1) is 0 Å². The SMILES string of the molecule is FC(F)(F)c1cn2c(n1)CC[C@@H](CNCc1ccc(N3CCOCC3)cc1)C2. The number of anilines is 1. The fraction of sp³-hybridized carbons (Fsp3) is 0.550. The Kier molecular flexibility index (Phi) is 5.59. The summed E-state index contributed by atoms with van der Waals surface area (Å²) in [5, 5.41) is 3.45. The van der Waals surface area contributed by atoms with Gasteiger partial charge in [0.15, 0.2) is 5.69 Å². The predicted octanol–water partition coefficient (Wildman–Crippen LogP) is 3.09. The van der Waals surface area contributed by atoms with E-state index >= 15 is 0 Å². The van der Waals surface area contributed by atoms with E-state index in [9.17, 15) is 13.2 Å². The molecule has 0 amide bonds. The molecule has 0 spiro atoms. The molecule has 5 nitrogen and oxygen atoms in total. The van der Waals surface area contributed by atoms with Gasteiger partial charge < -0.3 is 19.5 Å². The molecule has 3 heterocycles. The molecular formula is C20H25F3N4O. The predicted molar refractivity (Wildman–Crippen MR) is 100 cm³/mol. The quantitative estimate of drug-likeness (QED) is 0.846. The summed E-state index contributed by atoms with van der Waals surface area (Å²) in [6, 6.07) is 8.53. The number of morpholine rings is 1. The lowest BCUT2D eigenvalue weighted by Gasteiger charge is -2.29. The average Bonchev–Trinajstić information content (AvgIpc) is 3.13. The van der Waals surface area contributed by atoms with Crippen LogP contribution in [0.25, 0.3) is 0 Å². The number of halogens is 3. The first-order valence-electron chi connectivity index (χ1n) is 9.74. The molecule has 1 aromatic heterocycles. The number of ether oxygens (including phenoxy) is 1. The minimum absolute atomic E-state index is 0.315. The van der Waals surface area contributed by atoms with Crippen molar-refractivity contribution in [1.29, 1.82) is 0 Å². The number of imidazole rings is 1. The summed E-state index contributed by atoms with van der Waals surface area (Å²) in [7, 11) is 0. The van der Waals surface area contributed by atoms with Crippen LogP contribution in [0.2, 0.25) is 0 Å². The molecule has 2 aromatic rings. The molecule has 0 saturated carbocycles. The van der Waals surface area contributed by atoms with E-state index in [1.54, 1.807) is 4.57 Å². The molecule has 28 heavy (non-hydrogen) atoms. The van der Waals surface area contributed by atoms with Crippen molar-refractivity contribution in [3.8, 4) is 0 Å². The largest absolute Gasteiger partial charge is 0.434 e. The van der Waals surface area contributed by atoms with Crippen molar-refractivity contribution < 1.29 is 17.9 Å². The summed E-state index contributed by atoms with van der Waals surface area (Å²) in [5.41, 5.74) is 1.64. The number of hydrogen-bond donors (Lipinski definition) is 1. The second-order valence-electron chi connectivity index (χ2n) is 7.49. The molecule has 4 rings (SSSR count). The van der Waals surface area contributed by atoms with E-state index in [2.05, 4.69) is 39.5 Å². The topological polar surface area (TPSA) is 42.3 Å². The van der Waals surface area contributed by atoms with Gasteiger partial charge in [0, 0.05) is 44.5 Å². The highest BCUT2D eigenvalue weighted by molar-refractivity contribution is 5.47. The van der Waals surface area contributed by atoms with Crippen LogP contribution in [-0.2, 0) is 30.4 Å². The standard InChI is InChI=1S/C20H25F3N4O/c21-20(22,23)18-14-27-13-16(3-6-19(27)25-18)12-24-11-15-1-4-17(5-2-15)26-7-9-28-10-8-26/h1-2,4-5,14,16,24H,3,6-13H2/t16-/m0/s1. The van der Waals surface area contributed by atoms with Crippen molar-refractivity contribution in [2.24, 2.45) is 5.92 Å². The Morgan fingerprint density at radius 3 is 2.61 bits per heavy atom. The van der Waals surface area contributed by atoms with Gasteiger partial charge in [0.05, 0.1) is 13.2 Å². The minimum Gasteiger partial charge on any atom is -0.378 e. The molecule has 0 unspecified atom stereocenters. The summed E-state index contributed by atoms with van der Waals surface area (Å²) in [4.78, 5) is 6.06. The molecule has 8 heteroatoms. The molecule has 0 aliphatic carbocycles. The Bertz CT molecular complexity index is 782. The molecule has 0 radical (unpaired) electrons. The second-order valence-corrected chi connectivity index (χ2v) is 7.49. The lowest BCUT2D eigenvalue weighted by atomic mass is 9.99. The number of nitrogens with zero attached hydrogens (tertiary/aromatic N) is 3. The molecule has 2 aliphatic heterocycles. The van der Waals surface area contributed by atoms with Crippen molar-refractivity contribution in [1.82, 2.24) is 14.9 Å². The normalized spacial score (nSPS) is 20.2. The lowest BCUT2D eigenvalue weighted by molar-refractivity contribution is -0.141. The van der Waals surface area contributed by atoms with Gasteiger partial charge in [-0.05, 0) is 36.6 Å². The summed E-state index contributed by atoms with van der Waals surface area (Å²) in [5.74, 6) is 0.859. The maximum absolute atomic E-state index is 12.8. The van der Waals surface area contributed by atoms with Crippen LogP contribution in [0.3, 0.4) is 0 Å². The van der Waals surface area contributed by atoms with E-state index < -0.39 is 11.9 Å². The maximum Gasteiger partial charge on any atom is 0.434 e. The van der Waals surface area contributed by atoms with Gasteiger partial charge in [0.1, 0.15) is 5.82 Å². The third kappa shape index (κ3) is 4.50. The Morgan fingerprint density at radius 2 is 1.89 bits per heavy atom. The van der Waals surface area contributed by atoms with E-state index in [-0.39, 0.29) is 0 Å². The van der Waals surface area contributed by atoms with Crippen LogP contribution in [0.1, 0.15) is 23.5 Å². The zero-order valence-electron chi connectivity index (χ0n) is 15.7. The van der Waals surface area contributed by atoms with Crippen LogP contribution >= 0.6 is 0 Å². The molecule has 152 valence electrons. The molecule has 1 saturated heterocycles. The Morgan fingerprint density at radius 1 is 1.14 bits per heavy atom. The maximum atomic E-state index is 12.8. The Labute approximate surface area is 162 Å². The monoisotopic (exact) mass is 394 g/mol. The first-order valence-corrected chi connectivity index (χ1v) is 9.74. The van der Waals surface area contributed by atoms with Crippen molar-refractivity contribution >= 4 is 5.69 Å². The van der Waals surface area contributed by atoms with Crippen LogP contribution in [-0.4, -0.2) is 42.4 Å². The Hall–Kier alpha value is -2.06. The molecule has 1 fully saturated rings. The molecule has 1 aromatic carbocycles. The number of alkyl halides is 3. The Balaban J connectivity index is 1.26. The van der Waals surface area contributed by atoms with Gasteiger partial charge in [0.25, 0.3) is 0 Å². The number of hydrogen-bond acceptors (Lipinski definition) is 4. The van der Waals surface area contributed by atoms with Gasteiger partial charge in [-0.3, -0.25) is 0 Å². The summed E-state index contributed by atoms with van der Waals surface area (Å²) in [6.45, 7) is 5.51. The second kappa shape index (κ2) is 8.13. The van der Waals surface area contributed by atoms with Gasteiger partial charge in [-0.2, -0.15) is 13.2 Å². The molecule has 1 atom stereocenters. The fourth-order valence-electron chi connectivity index (χ4n) is 3.88. The van der Waals surface area contributed by atoms with Gasteiger partial charge >= 0.3 is 6.18 Å². The van der Waals surface area contributed by atoms with Gasteiger partial charge in [-0.25, -0.2) is 4.98 Å². The average molecular weight is 394 g/mol. The molecule has 2 aliphatic rings. The van der Waals surface area contributed by atoms with Crippen molar-refractivity contribution in [3.63, 3.8) is 0 Å². The van der Waals surface area contributed by atoms with E-state index in [0.717, 1.165) is 52.0 Å².